The Morgan fingerprint density at radius 2 is 1.07 bits per heavy atom. The molecule has 0 radical (unpaired) electrons. The summed E-state index contributed by atoms with van der Waals surface area (Å²) in [6, 6.07) is 16.8. The van der Waals surface area contributed by atoms with Crippen LogP contribution >= 0.6 is 0 Å². The number of nitrogens with one attached hydrogen (secondary N) is 1. The highest BCUT2D eigenvalue weighted by Gasteiger charge is 2.16. The molecule has 4 nitrogen and oxygen atoms in total. The van der Waals surface area contributed by atoms with Crippen molar-refractivity contribution >= 4 is 10.1 Å². The fourth-order valence-electron chi connectivity index (χ4n) is 4.98. The number of aryl methyl sites for hydroxylation is 1. The SMILES string of the molecule is CCCCCCCCCCCCCCCCCCNC(C)(C)Cc1ccccc1.Cc1ccc(S(=O)(=O)O)cc1. The predicted molar refractivity (Wildman–Crippen MR) is 173 cm³/mol. The van der Waals surface area contributed by atoms with Gasteiger partial charge in [-0.1, -0.05) is 151 Å². The maximum Gasteiger partial charge on any atom is 0.294 e. The second-order valence-electron chi connectivity index (χ2n) is 12.1. The highest BCUT2D eigenvalue weighted by molar-refractivity contribution is 7.85. The summed E-state index contributed by atoms with van der Waals surface area (Å²) in [5.74, 6) is 0. The van der Waals surface area contributed by atoms with Gasteiger partial charge in [-0.05, 0) is 57.9 Å². The normalized spacial score (nSPS) is 11.7. The van der Waals surface area contributed by atoms with E-state index in [1.165, 1.54) is 120 Å². The van der Waals surface area contributed by atoms with Gasteiger partial charge in [0.1, 0.15) is 0 Å². The molecule has 2 rings (SSSR count). The summed E-state index contributed by atoms with van der Waals surface area (Å²) in [6.07, 6.45) is 24.1. The Morgan fingerprint density at radius 3 is 1.50 bits per heavy atom. The van der Waals surface area contributed by atoms with Crippen LogP contribution < -0.4 is 5.32 Å². The highest BCUT2D eigenvalue weighted by atomic mass is 32.2. The third-order valence-corrected chi connectivity index (χ3v) is 8.31. The molecule has 40 heavy (non-hydrogen) atoms. The van der Waals surface area contributed by atoms with Gasteiger partial charge in [0.2, 0.25) is 0 Å². The third-order valence-electron chi connectivity index (χ3n) is 7.44. The van der Waals surface area contributed by atoms with Crippen molar-refractivity contribution in [3.05, 3.63) is 65.7 Å². The molecule has 0 saturated heterocycles. The van der Waals surface area contributed by atoms with Crippen LogP contribution in [-0.2, 0) is 16.5 Å². The van der Waals surface area contributed by atoms with Crippen LogP contribution in [0.2, 0.25) is 0 Å². The first-order valence-electron chi connectivity index (χ1n) is 16.0. The maximum absolute atomic E-state index is 10.5. The van der Waals surface area contributed by atoms with Crippen molar-refractivity contribution in [2.24, 2.45) is 0 Å². The van der Waals surface area contributed by atoms with Gasteiger partial charge in [0.15, 0.2) is 0 Å². The number of hydrogen-bond donors (Lipinski definition) is 2. The number of unbranched alkanes of at least 4 members (excludes halogenated alkanes) is 15. The first-order valence-corrected chi connectivity index (χ1v) is 17.4. The largest absolute Gasteiger partial charge is 0.311 e. The average molecular weight is 574 g/mol. The van der Waals surface area contributed by atoms with Crippen LogP contribution in [0.25, 0.3) is 0 Å². The maximum atomic E-state index is 10.5. The van der Waals surface area contributed by atoms with E-state index >= 15 is 0 Å². The summed E-state index contributed by atoms with van der Waals surface area (Å²) in [5.41, 5.74) is 2.58. The number of benzene rings is 2. The van der Waals surface area contributed by atoms with E-state index in [0.717, 1.165) is 18.5 Å². The highest BCUT2D eigenvalue weighted by Crippen LogP contribution is 2.15. The summed E-state index contributed by atoms with van der Waals surface area (Å²) in [6.45, 7) is 9.94. The Labute approximate surface area is 247 Å². The van der Waals surface area contributed by atoms with Gasteiger partial charge in [0.25, 0.3) is 10.1 Å². The van der Waals surface area contributed by atoms with E-state index in [1.807, 2.05) is 6.92 Å². The molecule has 2 N–H and O–H groups in total. The van der Waals surface area contributed by atoms with Gasteiger partial charge in [-0.2, -0.15) is 8.42 Å². The Balaban J connectivity index is 0.000000603. The Morgan fingerprint density at radius 1 is 0.650 bits per heavy atom. The minimum atomic E-state index is -4.02. The van der Waals surface area contributed by atoms with Gasteiger partial charge in [-0.25, -0.2) is 0 Å². The minimum absolute atomic E-state index is 0.0666. The molecule has 0 unspecified atom stereocenters. The lowest BCUT2D eigenvalue weighted by Crippen LogP contribution is -2.41. The van der Waals surface area contributed by atoms with Crippen molar-refractivity contribution in [1.82, 2.24) is 5.32 Å². The van der Waals surface area contributed by atoms with Crippen LogP contribution in [0.1, 0.15) is 135 Å². The van der Waals surface area contributed by atoms with E-state index in [9.17, 15) is 8.42 Å². The topological polar surface area (TPSA) is 66.4 Å². The Hall–Kier alpha value is -1.69. The molecule has 5 heteroatoms. The zero-order valence-electron chi connectivity index (χ0n) is 26.1. The molecule has 0 aromatic heterocycles. The van der Waals surface area contributed by atoms with Crippen molar-refractivity contribution in [3.8, 4) is 0 Å². The van der Waals surface area contributed by atoms with Crippen molar-refractivity contribution in [3.63, 3.8) is 0 Å². The van der Waals surface area contributed by atoms with Gasteiger partial charge in [-0.15, -0.1) is 0 Å². The van der Waals surface area contributed by atoms with Crippen LogP contribution in [0, 0.1) is 6.92 Å². The van der Waals surface area contributed by atoms with Crippen LogP contribution in [0.5, 0.6) is 0 Å². The lowest BCUT2D eigenvalue weighted by molar-refractivity contribution is 0.379. The van der Waals surface area contributed by atoms with Crippen LogP contribution in [0.3, 0.4) is 0 Å². The Bertz CT molecular complexity index is 956. The molecule has 0 saturated carbocycles. The van der Waals surface area contributed by atoms with Gasteiger partial charge in [-0.3, -0.25) is 4.55 Å². The molecule has 2 aromatic rings. The Kier molecular flexibility index (Phi) is 20.0. The predicted octanol–water partition coefficient (Wildman–Crippen LogP) is 10.1. The first-order chi connectivity index (χ1) is 19.1. The minimum Gasteiger partial charge on any atom is -0.311 e. The molecule has 0 aliphatic carbocycles. The molecule has 228 valence electrons. The van der Waals surface area contributed by atoms with E-state index in [2.05, 4.69) is 56.4 Å². The average Bonchev–Trinajstić information content (AvgIpc) is 2.91. The van der Waals surface area contributed by atoms with E-state index in [1.54, 1.807) is 12.1 Å². The molecule has 0 fully saturated rings. The molecular formula is C35H59NO3S. The monoisotopic (exact) mass is 573 g/mol. The quantitative estimate of drug-likeness (QED) is 0.115. The molecule has 0 heterocycles. The smallest absolute Gasteiger partial charge is 0.294 e. The molecule has 0 aliphatic heterocycles. The third kappa shape index (κ3) is 20.2. The fourth-order valence-corrected chi connectivity index (χ4v) is 5.46. The molecule has 0 bridgehead atoms. The lowest BCUT2D eigenvalue weighted by Gasteiger charge is -2.26. The van der Waals surface area contributed by atoms with E-state index in [4.69, 9.17) is 4.55 Å². The second-order valence-corrected chi connectivity index (χ2v) is 13.5. The van der Waals surface area contributed by atoms with Crippen LogP contribution in [-0.4, -0.2) is 25.1 Å². The molecule has 0 amide bonds. The zero-order chi connectivity index (χ0) is 29.5. The van der Waals surface area contributed by atoms with E-state index in [0.29, 0.717) is 0 Å². The summed E-state index contributed by atoms with van der Waals surface area (Å²) in [7, 11) is -4.02. The van der Waals surface area contributed by atoms with Crippen molar-refractivity contribution in [2.45, 2.75) is 147 Å². The van der Waals surface area contributed by atoms with E-state index in [-0.39, 0.29) is 10.4 Å². The van der Waals surface area contributed by atoms with Gasteiger partial charge in [0.05, 0.1) is 4.90 Å². The molecular weight excluding hydrogens is 514 g/mol. The van der Waals surface area contributed by atoms with Gasteiger partial charge >= 0.3 is 0 Å². The van der Waals surface area contributed by atoms with Gasteiger partial charge in [0, 0.05) is 5.54 Å². The van der Waals surface area contributed by atoms with Gasteiger partial charge < -0.3 is 5.32 Å². The van der Waals surface area contributed by atoms with Crippen LogP contribution in [0.15, 0.2) is 59.5 Å². The van der Waals surface area contributed by atoms with E-state index < -0.39 is 10.1 Å². The molecule has 2 aromatic carbocycles. The molecule has 0 aliphatic rings. The lowest BCUT2D eigenvalue weighted by atomic mass is 9.95. The number of rotatable bonds is 21. The molecule has 0 spiro atoms. The zero-order valence-corrected chi connectivity index (χ0v) is 26.9. The summed E-state index contributed by atoms with van der Waals surface area (Å²) in [5, 5.41) is 3.76. The summed E-state index contributed by atoms with van der Waals surface area (Å²) in [4.78, 5) is -0.0666. The van der Waals surface area contributed by atoms with Crippen molar-refractivity contribution in [2.75, 3.05) is 6.54 Å². The van der Waals surface area contributed by atoms with Crippen molar-refractivity contribution in [1.29, 1.82) is 0 Å². The second kappa shape index (κ2) is 22.0. The standard InChI is InChI=1S/C28H51N.C7H8O3S/c1-4-5-6-7-8-9-10-11-12-13-14-15-16-17-18-22-25-29-28(2,3)26-27-23-20-19-21-24-27;1-6-2-4-7(5-3-6)11(8,9)10/h19-21,23-24,29H,4-18,22,25-26H2,1-3H3;2-5H,1H3,(H,8,9,10). The number of hydrogen-bond acceptors (Lipinski definition) is 3. The fraction of sp³-hybridized carbons (Fsp3) is 0.657. The first kappa shape index (κ1) is 36.3. The molecule has 0 atom stereocenters. The van der Waals surface area contributed by atoms with Crippen LogP contribution in [0.4, 0.5) is 0 Å². The summed E-state index contributed by atoms with van der Waals surface area (Å²) < 4.78 is 29.6. The van der Waals surface area contributed by atoms with Crippen molar-refractivity contribution < 1.29 is 13.0 Å². The summed E-state index contributed by atoms with van der Waals surface area (Å²) >= 11 is 0.